The molecule has 2 rings (SSSR count). The first kappa shape index (κ1) is 44.5. The fraction of sp³-hybridized carbons (Fsp3) is 0.583. The maximum Gasteiger partial charge on any atom is 0.311 e. The zero-order chi connectivity index (χ0) is 39.2. The molecule has 4 N–H and O–H groups in total. The van der Waals surface area contributed by atoms with Crippen LogP contribution in [0.1, 0.15) is 58.7 Å². The molecule has 1 aromatic rings. The third-order valence-corrected chi connectivity index (χ3v) is 7.35. The number of anilines is 1. The van der Waals surface area contributed by atoms with Gasteiger partial charge in [0, 0.05) is 49.5 Å². The average Bonchev–Trinajstić information content (AvgIpc) is 3.43. The highest BCUT2D eigenvalue weighted by atomic mass is 16.6. The minimum absolute atomic E-state index is 0. The third-order valence-electron chi connectivity index (χ3n) is 7.35. The van der Waals surface area contributed by atoms with Crippen molar-refractivity contribution in [1.29, 1.82) is 0 Å². The van der Waals surface area contributed by atoms with Crippen molar-refractivity contribution in [1.82, 2.24) is 20.9 Å². The van der Waals surface area contributed by atoms with Crippen molar-refractivity contribution >= 4 is 47.1 Å². The molecule has 0 fully saturated rings. The summed E-state index contributed by atoms with van der Waals surface area (Å²) in [5, 5.41) is 10.5. The molecular formula is C36H61N5O12. The molecule has 0 saturated heterocycles. The van der Waals surface area contributed by atoms with Gasteiger partial charge in [0.05, 0.1) is 58.3 Å². The normalized spacial score (nSPS) is 13.7. The van der Waals surface area contributed by atoms with E-state index in [0.29, 0.717) is 38.7 Å². The van der Waals surface area contributed by atoms with Gasteiger partial charge < -0.3 is 45.0 Å². The maximum atomic E-state index is 12.6. The molecule has 1 unspecified atom stereocenters. The van der Waals surface area contributed by atoms with Gasteiger partial charge in [0.2, 0.25) is 23.6 Å². The molecule has 1 aliphatic rings. The fourth-order valence-corrected chi connectivity index (χ4v) is 4.23. The Kier molecular flexibility index (Phi) is 19.9. The molecule has 6 amide bonds. The second-order valence-corrected chi connectivity index (χ2v) is 13.0. The van der Waals surface area contributed by atoms with Crippen molar-refractivity contribution in [3.8, 4) is 0 Å². The number of rotatable bonds is 25. The van der Waals surface area contributed by atoms with E-state index in [2.05, 4.69) is 21.3 Å². The zero-order valence-corrected chi connectivity index (χ0v) is 31.2. The Morgan fingerprint density at radius 3 is 1.79 bits per heavy atom. The van der Waals surface area contributed by atoms with Crippen LogP contribution in [0.15, 0.2) is 36.4 Å². The van der Waals surface area contributed by atoms with Gasteiger partial charge in [0.15, 0.2) is 0 Å². The second kappa shape index (κ2) is 23.8. The van der Waals surface area contributed by atoms with Crippen LogP contribution in [0.5, 0.6) is 0 Å². The monoisotopic (exact) mass is 755 g/mol. The zero-order valence-electron chi connectivity index (χ0n) is 31.2. The summed E-state index contributed by atoms with van der Waals surface area (Å²) >= 11 is 0. The first-order chi connectivity index (χ1) is 25.2. The molecule has 17 heteroatoms. The highest BCUT2D eigenvalue weighted by Crippen LogP contribution is 2.17. The standard InChI is InChI=1S/C36H53N5O12.4H2/c1-25(33(46)39-26(2)34(47)40-28-8-6-27(7-9-28)24-53-35(48)36(3,4)5)38-30(43)13-16-49-18-20-51-22-23-52-21-19-50-17-14-37-29(42)12-15-41-31(44)10-11-32(41)45;;;;/h6-11,25-26H,12-24H2,1-5H3,(H,37,42)(H,38,43)(H,39,46)(H,40,47);4*1H/t25?,26-;;;;/m0..../s1. The van der Waals surface area contributed by atoms with Crippen LogP contribution in [-0.4, -0.2) is 124 Å². The Hall–Kier alpha value is -4.71. The van der Waals surface area contributed by atoms with E-state index in [1.807, 2.05) is 0 Å². The van der Waals surface area contributed by atoms with Crippen LogP contribution < -0.4 is 21.3 Å². The first-order valence-corrected chi connectivity index (χ1v) is 17.5. The van der Waals surface area contributed by atoms with Crippen molar-refractivity contribution in [3.05, 3.63) is 42.0 Å². The summed E-state index contributed by atoms with van der Waals surface area (Å²) in [7, 11) is 0. The first-order valence-electron chi connectivity index (χ1n) is 17.5. The van der Waals surface area contributed by atoms with Crippen LogP contribution in [0.25, 0.3) is 0 Å². The Morgan fingerprint density at radius 1 is 0.698 bits per heavy atom. The summed E-state index contributed by atoms with van der Waals surface area (Å²) in [4.78, 5) is 85.1. The number of esters is 1. The SMILES string of the molecule is CC(NC(=O)CCOCCOCCOCCOCCNC(=O)CCN1C(=O)C=CC1=O)C(=O)N[C@@H](C)C(=O)Nc1ccc(COC(=O)C(C)(C)C)cc1.[HH].[HH].[HH].[HH]. The van der Waals surface area contributed by atoms with Gasteiger partial charge in [-0.3, -0.25) is 38.5 Å². The van der Waals surface area contributed by atoms with Gasteiger partial charge in [-0.25, -0.2) is 0 Å². The lowest BCUT2D eigenvalue weighted by Crippen LogP contribution is -2.50. The number of hydrogen-bond donors (Lipinski definition) is 4. The minimum atomic E-state index is -0.877. The van der Waals surface area contributed by atoms with Gasteiger partial charge in [-0.15, -0.1) is 0 Å². The van der Waals surface area contributed by atoms with E-state index in [0.717, 1.165) is 10.5 Å². The predicted octanol–water partition coefficient (Wildman–Crippen LogP) is 1.60. The van der Waals surface area contributed by atoms with Crippen molar-refractivity contribution in [3.63, 3.8) is 0 Å². The number of ether oxygens (including phenoxy) is 5. The molecule has 1 heterocycles. The van der Waals surface area contributed by atoms with Gasteiger partial charge in [0.25, 0.3) is 11.8 Å². The molecule has 302 valence electrons. The van der Waals surface area contributed by atoms with Gasteiger partial charge in [-0.1, -0.05) is 12.1 Å². The van der Waals surface area contributed by atoms with Crippen LogP contribution >= 0.6 is 0 Å². The van der Waals surface area contributed by atoms with E-state index in [9.17, 15) is 33.6 Å². The molecule has 53 heavy (non-hydrogen) atoms. The molecular weight excluding hydrogens is 694 g/mol. The van der Waals surface area contributed by atoms with Crippen molar-refractivity contribution in [2.24, 2.45) is 5.41 Å². The summed E-state index contributed by atoms with van der Waals surface area (Å²) in [6, 6.07) is 5.04. The lowest BCUT2D eigenvalue weighted by atomic mass is 9.97. The number of benzene rings is 1. The summed E-state index contributed by atoms with van der Waals surface area (Å²) in [5.74, 6) is -2.79. The third kappa shape index (κ3) is 18.6. The summed E-state index contributed by atoms with van der Waals surface area (Å²) in [6.45, 7) is 11.1. The van der Waals surface area contributed by atoms with Gasteiger partial charge >= 0.3 is 5.97 Å². The summed E-state index contributed by atoms with van der Waals surface area (Å²) in [6.07, 6.45) is 2.40. The topological polar surface area (TPSA) is 217 Å². The van der Waals surface area contributed by atoms with Crippen molar-refractivity contribution in [2.75, 3.05) is 71.3 Å². The molecule has 0 saturated carbocycles. The van der Waals surface area contributed by atoms with E-state index >= 15 is 0 Å². The summed E-state index contributed by atoms with van der Waals surface area (Å²) < 4.78 is 26.9. The summed E-state index contributed by atoms with van der Waals surface area (Å²) in [5.41, 5.74) is 0.666. The lowest BCUT2D eigenvalue weighted by Gasteiger charge is -2.18. The Balaban J connectivity index is -0.00000729. The highest BCUT2D eigenvalue weighted by molar-refractivity contribution is 6.13. The van der Waals surface area contributed by atoms with Crippen LogP contribution in [0.3, 0.4) is 0 Å². The number of imide groups is 1. The van der Waals surface area contributed by atoms with E-state index in [-0.39, 0.29) is 75.8 Å². The smallest absolute Gasteiger partial charge is 0.311 e. The van der Waals surface area contributed by atoms with E-state index in [1.165, 1.54) is 26.0 Å². The van der Waals surface area contributed by atoms with Crippen molar-refractivity contribution < 1.29 is 63.0 Å². The average molecular weight is 756 g/mol. The van der Waals surface area contributed by atoms with Crippen LogP contribution in [0.4, 0.5) is 5.69 Å². The Labute approximate surface area is 315 Å². The highest BCUT2D eigenvalue weighted by Gasteiger charge is 2.24. The molecule has 17 nitrogen and oxygen atoms in total. The molecule has 0 radical (unpaired) electrons. The molecule has 1 aliphatic heterocycles. The van der Waals surface area contributed by atoms with Gasteiger partial charge in [-0.05, 0) is 52.3 Å². The quantitative estimate of drug-likeness (QED) is 0.0636. The van der Waals surface area contributed by atoms with E-state index in [1.54, 1.807) is 45.0 Å². The number of nitrogens with one attached hydrogen (secondary N) is 4. The molecule has 2 atom stereocenters. The van der Waals surface area contributed by atoms with E-state index in [4.69, 9.17) is 23.7 Å². The Bertz CT molecular complexity index is 1410. The fourth-order valence-electron chi connectivity index (χ4n) is 4.23. The molecule has 0 bridgehead atoms. The van der Waals surface area contributed by atoms with Gasteiger partial charge in [0.1, 0.15) is 18.7 Å². The van der Waals surface area contributed by atoms with Crippen LogP contribution in [0, 0.1) is 5.41 Å². The van der Waals surface area contributed by atoms with Crippen molar-refractivity contribution in [2.45, 2.75) is 66.2 Å². The number of carbonyl (C=O) groups excluding carboxylic acids is 7. The predicted molar refractivity (Wildman–Crippen MR) is 199 cm³/mol. The van der Waals surface area contributed by atoms with Crippen LogP contribution in [-0.2, 0) is 63.9 Å². The minimum Gasteiger partial charge on any atom is -0.460 e. The molecule has 0 aromatic heterocycles. The number of nitrogens with zero attached hydrogens (tertiary/aromatic N) is 1. The van der Waals surface area contributed by atoms with E-state index < -0.39 is 41.1 Å². The number of amides is 6. The molecule has 1 aromatic carbocycles. The van der Waals surface area contributed by atoms with Gasteiger partial charge in [-0.2, -0.15) is 0 Å². The molecule has 0 spiro atoms. The maximum absolute atomic E-state index is 12.6. The number of carbonyl (C=O) groups is 7. The largest absolute Gasteiger partial charge is 0.460 e. The second-order valence-electron chi connectivity index (χ2n) is 13.0. The number of hydrogen-bond acceptors (Lipinski definition) is 12. The van der Waals surface area contributed by atoms with Crippen LogP contribution in [0.2, 0.25) is 0 Å². The Morgan fingerprint density at radius 2 is 1.23 bits per heavy atom. The lowest BCUT2D eigenvalue weighted by molar-refractivity contribution is -0.154. The molecule has 0 aliphatic carbocycles.